The lowest BCUT2D eigenvalue weighted by atomic mass is 10.1. The Kier molecular flexibility index (Phi) is 6.77. The van der Waals surface area contributed by atoms with E-state index in [-0.39, 0.29) is 11.1 Å². The molecule has 2 aromatic carbocycles. The van der Waals surface area contributed by atoms with Crippen LogP contribution >= 0.6 is 11.8 Å². The first kappa shape index (κ1) is 20.7. The van der Waals surface area contributed by atoms with Gasteiger partial charge in [0.2, 0.25) is 5.91 Å². The molecule has 1 aliphatic heterocycles. The van der Waals surface area contributed by atoms with Crippen LogP contribution in [0.5, 0.6) is 11.5 Å². The lowest BCUT2D eigenvalue weighted by molar-refractivity contribution is -0.115. The number of hydrogen-bond acceptors (Lipinski definition) is 6. The van der Waals surface area contributed by atoms with Gasteiger partial charge in [0, 0.05) is 23.4 Å². The number of thioether (sulfide) groups is 1. The van der Waals surface area contributed by atoms with Crippen molar-refractivity contribution in [3.63, 3.8) is 0 Å². The SMILES string of the molecule is CCC(=O)Nc1cccc(CN2N=C(c3ccc(OC)c(OC)c3)CSC2=O)c1. The second-order valence-electron chi connectivity index (χ2n) is 6.33. The standard InChI is InChI=1S/C21H23N3O4S/c1-4-20(25)22-16-7-5-6-14(10-16)12-24-21(26)29-13-17(23-24)15-8-9-18(27-2)19(11-15)28-3/h5-11H,4,12-13H2,1-3H3,(H,22,25). The molecule has 0 fully saturated rings. The minimum atomic E-state index is -0.114. The number of methoxy groups -OCH3 is 2. The van der Waals surface area contributed by atoms with Gasteiger partial charge in [0.1, 0.15) is 0 Å². The molecular weight excluding hydrogens is 390 g/mol. The Morgan fingerprint density at radius 1 is 1.17 bits per heavy atom. The molecule has 3 rings (SSSR count). The molecule has 2 aromatic rings. The minimum absolute atomic E-state index is 0.0551. The molecule has 8 heteroatoms. The summed E-state index contributed by atoms with van der Waals surface area (Å²) in [6, 6.07) is 13.0. The molecule has 0 radical (unpaired) electrons. The Bertz CT molecular complexity index is 945. The maximum Gasteiger partial charge on any atom is 0.302 e. The molecule has 7 nitrogen and oxygen atoms in total. The predicted molar refractivity (Wildman–Crippen MR) is 115 cm³/mol. The van der Waals surface area contributed by atoms with Crippen molar-refractivity contribution in [1.82, 2.24) is 5.01 Å². The maximum atomic E-state index is 12.4. The largest absolute Gasteiger partial charge is 0.493 e. The number of nitrogens with zero attached hydrogens (tertiary/aromatic N) is 2. The van der Waals surface area contributed by atoms with Crippen LogP contribution in [0.2, 0.25) is 0 Å². The molecule has 1 heterocycles. The van der Waals surface area contributed by atoms with E-state index in [0.29, 0.717) is 35.9 Å². The third-order valence-corrected chi connectivity index (χ3v) is 5.24. The Balaban J connectivity index is 1.82. The fourth-order valence-corrected chi connectivity index (χ4v) is 3.59. The number of ether oxygens (including phenoxy) is 2. The Morgan fingerprint density at radius 2 is 1.97 bits per heavy atom. The summed E-state index contributed by atoms with van der Waals surface area (Å²) in [5.74, 6) is 1.68. The van der Waals surface area contributed by atoms with Crippen molar-refractivity contribution in [1.29, 1.82) is 0 Å². The van der Waals surface area contributed by atoms with E-state index in [2.05, 4.69) is 10.4 Å². The monoisotopic (exact) mass is 413 g/mol. The first-order valence-electron chi connectivity index (χ1n) is 9.17. The molecule has 0 bridgehead atoms. The lowest BCUT2D eigenvalue weighted by Crippen LogP contribution is -2.29. The fraction of sp³-hybridized carbons (Fsp3) is 0.286. The number of carbonyl (C=O) groups excluding carboxylic acids is 2. The highest BCUT2D eigenvalue weighted by Gasteiger charge is 2.23. The summed E-state index contributed by atoms with van der Waals surface area (Å²) in [6.45, 7) is 2.12. The first-order valence-corrected chi connectivity index (χ1v) is 10.2. The van der Waals surface area contributed by atoms with E-state index < -0.39 is 0 Å². The molecule has 2 amide bonds. The van der Waals surface area contributed by atoms with Crippen LogP contribution < -0.4 is 14.8 Å². The molecule has 0 aromatic heterocycles. The Hall–Kier alpha value is -3.00. The molecule has 29 heavy (non-hydrogen) atoms. The zero-order valence-electron chi connectivity index (χ0n) is 16.6. The summed E-state index contributed by atoms with van der Waals surface area (Å²) in [6.07, 6.45) is 0.407. The van der Waals surface area contributed by atoms with Crippen LogP contribution in [0.3, 0.4) is 0 Å². The Labute approximate surface area is 174 Å². The highest BCUT2D eigenvalue weighted by Crippen LogP contribution is 2.30. The van der Waals surface area contributed by atoms with Gasteiger partial charge in [-0.2, -0.15) is 5.10 Å². The van der Waals surface area contributed by atoms with Gasteiger partial charge in [0.15, 0.2) is 11.5 Å². The average Bonchev–Trinajstić information content (AvgIpc) is 2.75. The van der Waals surface area contributed by atoms with Gasteiger partial charge >= 0.3 is 5.24 Å². The van der Waals surface area contributed by atoms with E-state index in [4.69, 9.17) is 9.47 Å². The normalized spacial score (nSPS) is 13.7. The van der Waals surface area contributed by atoms with E-state index in [1.807, 2.05) is 42.5 Å². The number of hydrazone groups is 1. The summed E-state index contributed by atoms with van der Waals surface area (Å²) in [7, 11) is 3.17. The molecule has 0 aliphatic carbocycles. The number of anilines is 1. The molecule has 1 N–H and O–H groups in total. The number of hydrogen-bond donors (Lipinski definition) is 1. The van der Waals surface area contributed by atoms with Crippen LogP contribution in [0.25, 0.3) is 0 Å². The van der Waals surface area contributed by atoms with Crippen molar-refractivity contribution < 1.29 is 19.1 Å². The van der Waals surface area contributed by atoms with Crippen molar-refractivity contribution in [2.75, 3.05) is 25.3 Å². The minimum Gasteiger partial charge on any atom is -0.493 e. The summed E-state index contributed by atoms with van der Waals surface area (Å²) < 4.78 is 10.6. The van der Waals surface area contributed by atoms with Gasteiger partial charge in [-0.05, 0) is 35.9 Å². The second-order valence-corrected chi connectivity index (χ2v) is 7.26. The first-order chi connectivity index (χ1) is 14.0. The average molecular weight is 413 g/mol. The van der Waals surface area contributed by atoms with E-state index in [9.17, 15) is 9.59 Å². The van der Waals surface area contributed by atoms with Crippen molar-refractivity contribution in [2.45, 2.75) is 19.9 Å². The van der Waals surface area contributed by atoms with Crippen LogP contribution in [-0.2, 0) is 11.3 Å². The Morgan fingerprint density at radius 3 is 2.69 bits per heavy atom. The lowest BCUT2D eigenvalue weighted by Gasteiger charge is -2.23. The second kappa shape index (κ2) is 9.47. The zero-order chi connectivity index (χ0) is 20.8. The van der Waals surface area contributed by atoms with E-state index >= 15 is 0 Å². The summed E-state index contributed by atoms with van der Waals surface area (Å²) >= 11 is 1.20. The van der Waals surface area contributed by atoms with Gasteiger partial charge in [0.25, 0.3) is 0 Å². The predicted octanol–water partition coefficient (Wildman–Crippen LogP) is 4.13. The number of amides is 2. The number of benzene rings is 2. The van der Waals surface area contributed by atoms with Gasteiger partial charge in [-0.1, -0.05) is 30.8 Å². The van der Waals surface area contributed by atoms with E-state index in [0.717, 1.165) is 16.8 Å². The van der Waals surface area contributed by atoms with Gasteiger partial charge in [-0.15, -0.1) is 0 Å². The molecule has 152 valence electrons. The fourth-order valence-electron chi connectivity index (χ4n) is 2.85. The smallest absolute Gasteiger partial charge is 0.302 e. The molecule has 1 aliphatic rings. The van der Waals surface area contributed by atoms with Crippen molar-refractivity contribution in [2.24, 2.45) is 5.10 Å². The molecule has 0 atom stereocenters. The van der Waals surface area contributed by atoms with Gasteiger partial charge < -0.3 is 14.8 Å². The van der Waals surface area contributed by atoms with E-state index in [1.54, 1.807) is 21.1 Å². The van der Waals surface area contributed by atoms with Gasteiger partial charge in [0.05, 0.1) is 26.5 Å². The number of rotatable bonds is 7. The highest BCUT2D eigenvalue weighted by molar-refractivity contribution is 8.14. The van der Waals surface area contributed by atoms with Crippen molar-refractivity contribution in [3.05, 3.63) is 53.6 Å². The van der Waals surface area contributed by atoms with Gasteiger partial charge in [-0.3, -0.25) is 9.59 Å². The molecule has 0 unspecified atom stereocenters. The zero-order valence-corrected chi connectivity index (χ0v) is 17.4. The van der Waals surface area contributed by atoms with Crippen LogP contribution in [0.4, 0.5) is 10.5 Å². The van der Waals surface area contributed by atoms with E-state index in [1.165, 1.54) is 16.8 Å². The summed E-state index contributed by atoms with van der Waals surface area (Å²) in [5.41, 5.74) is 3.24. The number of carbonyl (C=O) groups is 2. The molecule has 0 spiro atoms. The third kappa shape index (κ3) is 5.08. The summed E-state index contributed by atoms with van der Waals surface area (Å²) in [5, 5.41) is 8.72. The van der Waals surface area contributed by atoms with Gasteiger partial charge in [-0.25, -0.2) is 5.01 Å². The van der Waals surface area contributed by atoms with Crippen LogP contribution in [0, 0.1) is 0 Å². The molecule has 0 saturated heterocycles. The topological polar surface area (TPSA) is 80.2 Å². The van der Waals surface area contributed by atoms with Crippen LogP contribution in [0.1, 0.15) is 24.5 Å². The van der Waals surface area contributed by atoms with Crippen LogP contribution in [0.15, 0.2) is 47.6 Å². The molecular formula is C21H23N3O4S. The van der Waals surface area contributed by atoms with Crippen molar-refractivity contribution in [3.8, 4) is 11.5 Å². The molecule has 0 saturated carbocycles. The third-order valence-electron chi connectivity index (χ3n) is 4.37. The highest BCUT2D eigenvalue weighted by atomic mass is 32.2. The maximum absolute atomic E-state index is 12.4. The number of nitrogens with one attached hydrogen (secondary N) is 1. The van der Waals surface area contributed by atoms with Crippen LogP contribution in [-0.4, -0.2) is 41.8 Å². The summed E-state index contributed by atoms with van der Waals surface area (Å²) in [4.78, 5) is 24.0. The van der Waals surface area contributed by atoms with Crippen molar-refractivity contribution >= 4 is 34.3 Å². The quantitative estimate of drug-likeness (QED) is 0.738.